The molecule has 14 nitrogen and oxygen atoms in total. The van der Waals surface area contributed by atoms with Gasteiger partial charge in [0.2, 0.25) is 0 Å². The highest BCUT2D eigenvalue weighted by Crippen LogP contribution is 2.10. The molecule has 14 heteroatoms. The Kier molecular flexibility index (Phi) is 22.2. The minimum Gasteiger partial charge on any atom is -0.460 e. The van der Waals surface area contributed by atoms with Crippen molar-refractivity contribution in [1.29, 1.82) is 0 Å². The van der Waals surface area contributed by atoms with Crippen molar-refractivity contribution in [2.75, 3.05) is 98.9 Å². The van der Waals surface area contributed by atoms with E-state index in [9.17, 15) is 9.59 Å². The van der Waals surface area contributed by atoms with Gasteiger partial charge < -0.3 is 42.8 Å². The molecule has 40 heavy (non-hydrogen) atoms. The predicted molar refractivity (Wildman–Crippen MR) is 147 cm³/mol. The van der Waals surface area contributed by atoms with Gasteiger partial charge in [0.25, 0.3) is 0 Å². The lowest BCUT2D eigenvalue weighted by Gasteiger charge is -2.27. The van der Waals surface area contributed by atoms with Crippen LogP contribution in [0, 0.1) is 0 Å². The molecule has 0 aromatic heterocycles. The van der Waals surface area contributed by atoms with E-state index >= 15 is 0 Å². The second-order valence-corrected chi connectivity index (χ2v) is 10.4. The van der Waals surface area contributed by atoms with Gasteiger partial charge in [-0.25, -0.2) is 4.79 Å². The van der Waals surface area contributed by atoms with Crippen LogP contribution in [0.15, 0.2) is 5.11 Å². The highest BCUT2D eigenvalue weighted by atomic mass is 16.6. The van der Waals surface area contributed by atoms with Crippen LogP contribution < -0.4 is 0 Å². The second kappa shape index (κ2) is 23.5. The van der Waals surface area contributed by atoms with E-state index in [0.717, 1.165) is 0 Å². The Morgan fingerprint density at radius 3 is 1.45 bits per heavy atom. The highest BCUT2D eigenvalue weighted by molar-refractivity contribution is 5.69. The van der Waals surface area contributed by atoms with Gasteiger partial charge in [-0.3, -0.25) is 4.79 Å². The average Bonchev–Trinajstić information content (AvgIpc) is 2.84. The lowest BCUT2D eigenvalue weighted by molar-refractivity contribution is -0.156. The molecular formula is C26H50N4O10. The van der Waals surface area contributed by atoms with Crippen molar-refractivity contribution < 1.29 is 47.5 Å². The summed E-state index contributed by atoms with van der Waals surface area (Å²) >= 11 is 0. The van der Waals surface area contributed by atoms with Crippen LogP contribution in [0.5, 0.6) is 0 Å². The van der Waals surface area contributed by atoms with Gasteiger partial charge in [0.1, 0.15) is 11.2 Å². The second-order valence-electron chi connectivity index (χ2n) is 10.4. The zero-order chi connectivity index (χ0) is 30.1. The molecule has 0 saturated carbocycles. The molecule has 0 aliphatic carbocycles. The molecule has 0 rings (SSSR count). The summed E-state index contributed by atoms with van der Waals surface area (Å²) in [7, 11) is 0. The summed E-state index contributed by atoms with van der Waals surface area (Å²) in [6.07, 6.45) is -0.237. The molecule has 0 saturated heterocycles. The quantitative estimate of drug-likeness (QED) is 0.0546. The van der Waals surface area contributed by atoms with Gasteiger partial charge in [0.05, 0.1) is 85.7 Å². The van der Waals surface area contributed by atoms with Crippen molar-refractivity contribution in [3.63, 3.8) is 0 Å². The number of nitrogens with zero attached hydrogens (tertiary/aromatic N) is 4. The summed E-state index contributed by atoms with van der Waals surface area (Å²) in [6.45, 7) is 16.2. The molecule has 0 atom stereocenters. The zero-order valence-electron chi connectivity index (χ0n) is 25.2. The van der Waals surface area contributed by atoms with Crippen molar-refractivity contribution in [2.24, 2.45) is 5.11 Å². The summed E-state index contributed by atoms with van der Waals surface area (Å²) in [4.78, 5) is 28.3. The van der Waals surface area contributed by atoms with Crippen LogP contribution in [0.3, 0.4) is 0 Å². The highest BCUT2D eigenvalue weighted by Gasteiger charge is 2.22. The third-order valence-corrected chi connectivity index (χ3v) is 4.42. The van der Waals surface area contributed by atoms with Crippen LogP contribution in [-0.2, 0) is 42.7 Å². The molecule has 0 aliphatic rings. The Bertz CT molecular complexity index is 707. The first kappa shape index (κ1) is 37.8. The van der Waals surface area contributed by atoms with Crippen molar-refractivity contribution in [3.8, 4) is 0 Å². The maximum atomic E-state index is 12.6. The molecule has 0 aromatic rings. The van der Waals surface area contributed by atoms with Crippen LogP contribution in [-0.4, -0.2) is 127 Å². The van der Waals surface area contributed by atoms with Crippen molar-refractivity contribution >= 4 is 12.1 Å². The fourth-order valence-electron chi connectivity index (χ4n) is 2.75. The van der Waals surface area contributed by atoms with Crippen LogP contribution in [0.4, 0.5) is 4.79 Å². The number of carbonyl (C=O) groups excluding carboxylic acids is 2. The third-order valence-electron chi connectivity index (χ3n) is 4.42. The van der Waals surface area contributed by atoms with Gasteiger partial charge in [-0.15, -0.1) is 0 Å². The van der Waals surface area contributed by atoms with E-state index < -0.39 is 17.3 Å². The number of hydrogen-bond donors (Lipinski definition) is 0. The molecule has 234 valence electrons. The van der Waals surface area contributed by atoms with Crippen molar-refractivity contribution in [3.05, 3.63) is 10.4 Å². The van der Waals surface area contributed by atoms with Crippen LogP contribution in [0.2, 0.25) is 0 Å². The van der Waals surface area contributed by atoms with E-state index in [1.807, 2.05) is 41.5 Å². The first-order chi connectivity index (χ1) is 18.9. The Hall–Kier alpha value is -2.19. The minimum atomic E-state index is -0.614. The smallest absolute Gasteiger partial charge is 0.410 e. The number of amides is 1. The zero-order valence-corrected chi connectivity index (χ0v) is 25.2. The molecule has 0 unspecified atom stereocenters. The number of ether oxygens (including phenoxy) is 8. The van der Waals surface area contributed by atoms with Gasteiger partial charge >= 0.3 is 12.1 Å². The lowest BCUT2D eigenvalue weighted by Crippen LogP contribution is -2.40. The summed E-state index contributed by atoms with van der Waals surface area (Å²) in [6, 6.07) is 0. The van der Waals surface area contributed by atoms with E-state index in [-0.39, 0.29) is 19.0 Å². The van der Waals surface area contributed by atoms with Crippen LogP contribution in [0.25, 0.3) is 10.4 Å². The van der Waals surface area contributed by atoms with Crippen molar-refractivity contribution in [2.45, 2.75) is 59.2 Å². The molecule has 0 fully saturated rings. The fourth-order valence-corrected chi connectivity index (χ4v) is 2.75. The summed E-state index contributed by atoms with van der Waals surface area (Å²) < 4.78 is 43.3. The Morgan fingerprint density at radius 1 is 0.625 bits per heavy atom. The number of hydrogen-bond acceptors (Lipinski definition) is 11. The fraction of sp³-hybridized carbons (Fsp3) is 0.923. The lowest BCUT2D eigenvalue weighted by atomic mass is 10.2. The molecule has 0 bridgehead atoms. The van der Waals surface area contributed by atoms with Gasteiger partial charge in [-0.1, -0.05) is 5.11 Å². The number of azide groups is 1. The van der Waals surface area contributed by atoms with Gasteiger partial charge in [-0.2, -0.15) is 0 Å². The SMILES string of the molecule is CC(C)(C)OC(=O)CCOCCOCCOCCN(CCOCCOCCOCCN=[N+]=[N-])C(=O)OC(C)(C)C. The van der Waals surface area contributed by atoms with Gasteiger partial charge in [-0.05, 0) is 47.1 Å². The standard InChI is InChI=1S/C26H50N4O10/c1-25(2,3)39-23(31)7-11-33-15-19-37-21-17-35-13-9-30(24(32)40-26(4,5)6)10-14-36-18-22-38-20-16-34-12-8-28-29-27/h7-22H2,1-6H3. The van der Waals surface area contributed by atoms with E-state index in [1.54, 1.807) is 4.90 Å². The largest absolute Gasteiger partial charge is 0.460 e. The molecule has 0 heterocycles. The molecule has 0 N–H and O–H groups in total. The number of carbonyl (C=O) groups is 2. The predicted octanol–water partition coefficient (Wildman–Crippen LogP) is 3.37. The van der Waals surface area contributed by atoms with Crippen LogP contribution in [0.1, 0.15) is 48.0 Å². The van der Waals surface area contributed by atoms with E-state index in [1.165, 1.54) is 0 Å². The summed E-state index contributed by atoms with van der Waals surface area (Å²) in [5, 5.41) is 3.37. The maximum Gasteiger partial charge on any atom is 0.410 e. The molecule has 0 radical (unpaired) electrons. The number of rotatable bonds is 24. The van der Waals surface area contributed by atoms with E-state index in [4.69, 9.17) is 43.4 Å². The normalized spacial score (nSPS) is 11.7. The van der Waals surface area contributed by atoms with Crippen molar-refractivity contribution in [1.82, 2.24) is 4.90 Å². The minimum absolute atomic E-state index is 0.199. The summed E-state index contributed by atoms with van der Waals surface area (Å²) in [5.41, 5.74) is 7.06. The summed E-state index contributed by atoms with van der Waals surface area (Å²) in [5.74, 6) is -0.291. The Labute approximate surface area is 238 Å². The van der Waals surface area contributed by atoms with Crippen LogP contribution >= 0.6 is 0 Å². The van der Waals surface area contributed by atoms with E-state index in [0.29, 0.717) is 92.3 Å². The molecule has 0 aromatic carbocycles. The molecular weight excluding hydrogens is 528 g/mol. The molecule has 1 amide bonds. The average molecular weight is 579 g/mol. The third kappa shape index (κ3) is 27.4. The molecule has 0 spiro atoms. The van der Waals surface area contributed by atoms with Gasteiger partial charge in [0, 0.05) is 24.5 Å². The van der Waals surface area contributed by atoms with Gasteiger partial charge in [0.15, 0.2) is 0 Å². The first-order valence-corrected chi connectivity index (χ1v) is 13.6. The maximum absolute atomic E-state index is 12.6. The Balaban J connectivity index is 3.95. The monoisotopic (exact) mass is 578 g/mol. The van der Waals surface area contributed by atoms with E-state index in [2.05, 4.69) is 10.0 Å². The molecule has 0 aliphatic heterocycles. The Morgan fingerprint density at radius 2 is 1.02 bits per heavy atom. The first-order valence-electron chi connectivity index (χ1n) is 13.6. The number of esters is 1. The topological polar surface area (TPSA) is 160 Å².